The predicted molar refractivity (Wildman–Crippen MR) is 103 cm³/mol. The first-order valence-corrected chi connectivity index (χ1v) is 8.98. The quantitative estimate of drug-likeness (QED) is 0.813. The van der Waals surface area contributed by atoms with Crippen molar-refractivity contribution in [3.8, 4) is 0 Å². The molecule has 25 heavy (non-hydrogen) atoms. The molecule has 0 atom stereocenters. The van der Waals surface area contributed by atoms with Crippen molar-refractivity contribution in [3.63, 3.8) is 0 Å². The summed E-state index contributed by atoms with van der Waals surface area (Å²) in [6.07, 6.45) is 2.04. The first kappa shape index (κ1) is 19.9. The Morgan fingerprint density at radius 3 is 2.72 bits per heavy atom. The summed E-state index contributed by atoms with van der Waals surface area (Å²) in [6.45, 7) is 4.42. The Morgan fingerprint density at radius 1 is 1.36 bits per heavy atom. The molecular formula is C17H23BrClN5O. The van der Waals surface area contributed by atoms with E-state index in [1.54, 1.807) is 11.9 Å². The lowest BCUT2D eigenvalue weighted by molar-refractivity contribution is 0.0778. The Kier molecular flexibility index (Phi) is 6.98. The monoisotopic (exact) mass is 427 g/mol. The topological polar surface area (TPSA) is 63.1 Å². The molecule has 0 unspecified atom stereocenters. The van der Waals surface area contributed by atoms with Crippen molar-refractivity contribution in [1.29, 1.82) is 0 Å². The number of carbonyl (C=O) groups is 1. The lowest BCUT2D eigenvalue weighted by Gasteiger charge is -2.23. The fourth-order valence-corrected chi connectivity index (χ4v) is 3.48. The van der Waals surface area contributed by atoms with E-state index in [0.717, 1.165) is 41.7 Å². The zero-order valence-electron chi connectivity index (χ0n) is 14.4. The van der Waals surface area contributed by atoms with Crippen LogP contribution in [0, 0.1) is 6.92 Å². The number of nitrogens with one attached hydrogen (secondary N) is 1. The summed E-state index contributed by atoms with van der Waals surface area (Å²) in [5.41, 5.74) is 2.37. The molecule has 0 aliphatic carbocycles. The van der Waals surface area contributed by atoms with Gasteiger partial charge in [-0.25, -0.2) is 4.68 Å². The molecule has 1 fully saturated rings. The van der Waals surface area contributed by atoms with Crippen LogP contribution in [-0.2, 0) is 6.54 Å². The second-order valence-corrected chi connectivity index (χ2v) is 7.06. The smallest absolute Gasteiger partial charge is 0.276 e. The summed E-state index contributed by atoms with van der Waals surface area (Å²) in [4.78, 5) is 14.4. The van der Waals surface area contributed by atoms with E-state index in [9.17, 15) is 4.79 Å². The molecule has 1 amide bonds. The van der Waals surface area contributed by atoms with Crippen molar-refractivity contribution in [2.75, 3.05) is 20.1 Å². The fourth-order valence-electron chi connectivity index (χ4n) is 3.07. The highest BCUT2D eigenvalue weighted by atomic mass is 79.9. The van der Waals surface area contributed by atoms with E-state index in [0.29, 0.717) is 18.3 Å². The van der Waals surface area contributed by atoms with E-state index in [2.05, 4.69) is 31.6 Å². The number of nitrogens with zero attached hydrogens (tertiary/aromatic N) is 4. The summed E-state index contributed by atoms with van der Waals surface area (Å²) in [7, 11) is 1.80. The summed E-state index contributed by atoms with van der Waals surface area (Å²) < 4.78 is 2.92. The molecule has 0 spiro atoms. The fraction of sp³-hybridized carbons (Fsp3) is 0.471. The second kappa shape index (κ2) is 8.78. The van der Waals surface area contributed by atoms with Crippen molar-refractivity contribution in [2.24, 2.45) is 0 Å². The number of halogens is 2. The van der Waals surface area contributed by atoms with Gasteiger partial charge in [-0.15, -0.1) is 17.5 Å². The molecule has 1 saturated heterocycles. The summed E-state index contributed by atoms with van der Waals surface area (Å²) in [5.74, 6) is -0.0940. The SMILES string of the molecule is Cc1c(C(=O)N(C)Cc2ccccc2Br)nnn1C1CCNCC1.Cl. The number of piperidine rings is 1. The van der Waals surface area contributed by atoms with Gasteiger partial charge in [-0.2, -0.15) is 0 Å². The van der Waals surface area contributed by atoms with E-state index in [1.165, 1.54) is 0 Å². The molecule has 1 aromatic heterocycles. The average molecular weight is 429 g/mol. The van der Waals surface area contributed by atoms with Crippen LogP contribution in [0.1, 0.15) is 40.6 Å². The molecule has 2 heterocycles. The van der Waals surface area contributed by atoms with Crippen molar-refractivity contribution < 1.29 is 4.79 Å². The van der Waals surface area contributed by atoms with Crippen LogP contribution >= 0.6 is 28.3 Å². The van der Waals surface area contributed by atoms with Crippen LogP contribution in [-0.4, -0.2) is 45.9 Å². The Hall–Kier alpha value is -1.44. The Bertz CT molecular complexity index is 730. The zero-order chi connectivity index (χ0) is 17.1. The maximum Gasteiger partial charge on any atom is 0.276 e. The number of amides is 1. The third kappa shape index (κ3) is 4.40. The lowest BCUT2D eigenvalue weighted by Crippen LogP contribution is -2.30. The largest absolute Gasteiger partial charge is 0.336 e. The van der Waals surface area contributed by atoms with Crippen LogP contribution in [0.15, 0.2) is 28.7 Å². The molecule has 1 aromatic carbocycles. The van der Waals surface area contributed by atoms with Gasteiger partial charge < -0.3 is 10.2 Å². The van der Waals surface area contributed by atoms with E-state index in [-0.39, 0.29) is 18.3 Å². The Labute approximate surface area is 162 Å². The second-order valence-electron chi connectivity index (χ2n) is 6.20. The van der Waals surface area contributed by atoms with Gasteiger partial charge in [-0.1, -0.05) is 39.3 Å². The minimum atomic E-state index is -0.0940. The van der Waals surface area contributed by atoms with Crippen LogP contribution in [0.4, 0.5) is 0 Å². The molecule has 0 saturated carbocycles. The summed E-state index contributed by atoms with van der Waals surface area (Å²) in [5, 5.41) is 11.8. The molecule has 2 aromatic rings. The van der Waals surface area contributed by atoms with Crippen molar-refractivity contribution in [3.05, 3.63) is 45.7 Å². The summed E-state index contributed by atoms with van der Waals surface area (Å²) in [6, 6.07) is 8.24. The van der Waals surface area contributed by atoms with Crippen LogP contribution in [0.2, 0.25) is 0 Å². The van der Waals surface area contributed by atoms with Crippen LogP contribution in [0.3, 0.4) is 0 Å². The first-order valence-electron chi connectivity index (χ1n) is 8.19. The standard InChI is InChI=1S/C17H22BrN5O.ClH/c1-12-16(20-21-23(12)14-7-9-19-10-8-14)17(24)22(2)11-13-5-3-4-6-15(13)18;/h3-6,14,19H,7-11H2,1-2H3;1H. The number of rotatable bonds is 4. The van der Waals surface area contributed by atoms with Gasteiger partial charge >= 0.3 is 0 Å². The zero-order valence-corrected chi connectivity index (χ0v) is 16.8. The number of aromatic nitrogens is 3. The van der Waals surface area contributed by atoms with Crippen molar-refractivity contribution >= 4 is 34.2 Å². The molecule has 3 rings (SSSR count). The molecular weight excluding hydrogens is 406 g/mol. The van der Waals surface area contributed by atoms with Gasteiger partial charge in [0.1, 0.15) is 0 Å². The molecule has 8 heteroatoms. The highest BCUT2D eigenvalue weighted by Crippen LogP contribution is 2.22. The molecule has 136 valence electrons. The highest BCUT2D eigenvalue weighted by molar-refractivity contribution is 9.10. The minimum Gasteiger partial charge on any atom is -0.336 e. The van der Waals surface area contributed by atoms with Crippen LogP contribution < -0.4 is 5.32 Å². The lowest BCUT2D eigenvalue weighted by atomic mass is 10.1. The molecule has 1 aliphatic rings. The van der Waals surface area contributed by atoms with Crippen LogP contribution in [0.25, 0.3) is 0 Å². The normalized spacial score (nSPS) is 14.8. The van der Waals surface area contributed by atoms with E-state index >= 15 is 0 Å². The summed E-state index contributed by atoms with van der Waals surface area (Å²) >= 11 is 3.52. The van der Waals surface area contributed by atoms with Gasteiger partial charge in [0.25, 0.3) is 5.91 Å². The van der Waals surface area contributed by atoms with Gasteiger partial charge in [0.15, 0.2) is 5.69 Å². The predicted octanol–water partition coefficient (Wildman–Crippen LogP) is 2.97. The van der Waals surface area contributed by atoms with Gasteiger partial charge in [-0.05, 0) is 44.5 Å². The van der Waals surface area contributed by atoms with Gasteiger partial charge in [0, 0.05) is 18.1 Å². The third-order valence-corrected chi connectivity index (χ3v) is 5.27. The maximum absolute atomic E-state index is 12.8. The number of hydrogen-bond acceptors (Lipinski definition) is 4. The van der Waals surface area contributed by atoms with E-state index in [1.807, 2.05) is 35.9 Å². The highest BCUT2D eigenvalue weighted by Gasteiger charge is 2.24. The number of carbonyl (C=O) groups excluding carboxylic acids is 1. The minimum absolute atomic E-state index is 0. The number of benzene rings is 1. The van der Waals surface area contributed by atoms with Gasteiger partial charge in [0.2, 0.25) is 0 Å². The van der Waals surface area contributed by atoms with Crippen molar-refractivity contribution in [2.45, 2.75) is 32.4 Å². The Balaban J connectivity index is 0.00000225. The number of hydrogen-bond donors (Lipinski definition) is 1. The third-order valence-electron chi connectivity index (χ3n) is 4.50. The van der Waals surface area contributed by atoms with Crippen molar-refractivity contribution in [1.82, 2.24) is 25.2 Å². The molecule has 0 radical (unpaired) electrons. The first-order chi connectivity index (χ1) is 11.6. The molecule has 0 bridgehead atoms. The van der Waals surface area contributed by atoms with Gasteiger partial charge in [-0.3, -0.25) is 4.79 Å². The van der Waals surface area contributed by atoms with E-state index < -0.39 is 0 Å². The van der Waals surface area contributed by atoms with Crippen LogP contribution in [0.5, 0.6) is 0 Å². The molecule has 1 N–H and O–H groups in total. The molecule has 6 nitrogen and oxygen atoms in total. The molecule has 1 aliphatic heterocycles. The Morgan fingerprint density at radius 2 is 2.04 bits per heavy atom. The maximum atomic E-state index is 12.8. The van der Waals surface area contributed by atoms with Gasteiger partial charge in [0.05, 0.1) is 11.7 Å². The average Bonchev–Trinajstić information content (AvgIpc) is 2.98. The van der Waals surface area contributed by atoms with E-state index in [4.69, 9.17) is 0 Å².